The van der Waals surface area contributed by atoms with Crippen LogP contribution in [0.25, 0.3) is 22.2 Å². The summed E-state index contributed by atoms with van der Waals surface area (Å²) in [5.41, 5.74) is 3.18. The fraction of sp³-hybridized carbons (Fsp3) is 0.407. The number of fused-ring (bicyclic) bond motifs is 2. The average Bonchev–Trinajstić information content (AvgIpc) is 3.41. The fourth-order valence-electron chi connectivity index (χ4n) is 5.08. The van der Waals surface area contributed by atoms with Gasteiger partial charge in [-0.2, -0.15) is 0 Å². The van der Waals surface area contributed by atoms with Crippen LogP contribution in [0.1, 0.15) is 23.2 Å². The topological polar surface area (TPSA) is 64.1 Å². The lowest BCUT2D eigenvalue weighted by atomic mass is 10.0. The minimum atomic E-state index is 0.0640. The van der Waals surface area contributed by atoms with E-state index in [1.807, 2.05) is 53.4 Å². The number of pyridine rings is 1. The Balaban J connectivity index is 1.26. The smallest absolute Gasteiger partial charge is 0.254 e. The molecule has 0 spiro atoms. The van der Waals surface area contributed by atoms with Crippen molar-refractivity contribution in [1.82, 2.24) is 14.8 Å². The maximum absolute atomic E-state index is 13.7. The van der Waals surface area contributed by atoms with Crippen LogP contribution in [0.15, 0.2) is 48.5 Å². The van der Waals surface area contributed by atoms with E-state index in [4.69, 9.17) is 19.2 Å². The highest BCUT2D eigenvalue weighted by atomic mass is 16.6. The summed E-state index contributed by atoms with van der Waals surface area (Å²) in [6.45, 7) is 6.14. The van der Waals surface area contributed by atoms with Crippen LogP contribution < -0.4 is 9.47 Å². The molecule has 0 saturated carbocycles. The average molecular weight is 460 g/mol. The Morgan fingerprint density at radius 1 is 0.941 bits per heavy atom. The van der Waals surface area contributed by atoms with Gasteiger partial charge in [-0.25, -0.2) is 4.98 Å². The first-order valence-corrected chi connectivity index (χ1v) is 12.2. The van der Waals surface area contributed by atoms with E-state index < -0.39 is 0 Å². The third-order valence-corrected chi connectivity index (χ3v) is 6.93. The van der Waals surface area contributed by atoms with Crippen molar-refractivity contribution in [1.29, 1.82) is 0 Å². The summed E-state index contributed by atoms with van der Waals surface area (Å²) in [5.74, 6) is 1.52. The molecule has 0 radical (unpaired) electrons. The number of aromatic nitrogens is 1. The minimum Gasteiger partial charge on any atom is -0.486 e. The highest BCUT2D eigenvalue weighted by Crippen LogP contribution is 2.35. The van der Waals surface area contributed by atoms with Gasteiger partial charge in [-0.15, -0.1) is 0 Å². The highest BCUT2D eigenvalue weighted by Gasteiger charge is 2.27. The van der Waals surface area contributed by atoms with Gasteiger partial charge in [0.05, 0.1) is 22.9 Å². The Kier molecular flexibility index (Phi) is 5.81. The molecular weight excluding hydrogens is 430 g/mol. The van der Waals surface area contributed by atoms with Crippen LogP contribution in [-0.4, -0.2) is 79.3 Å². The zero-order valence-corrected chi connectivity index (χ0v) is 19.2. The lowest BCUT2D eigenvalue weighted by Crippen LogP contribution is -2.50. The van der Waals surface area contributed by atoms with Crippen LogP contribution in [-0.2, 0) is 4.74 Å². The third-order valence-electron chi connectivity index (χ3n) is 6.93. The van der Waals surface area contributed by atoms with Gasteiger partial charge in [-0.1, -0.05) is 18.2 Å². The number of benzene rings is 2. The summed E-state index contributed by atoms with van der Waals surface area (Å²) in [6.07, 6.45) is 2.65. The second-order valence-electron chi connectivity index (χ2n) is 9.16. The van der Waals surface area contributed by atoms with E-state index >= 15 is 0 Å². The van der Waals surface area contributed by atoms with E-state index in [0.29, 0.717) is 30.6 Å². The molecule has 1 unspecified atom stereocenters. The van der Waals surface area contributed by atoms with E-state index in [9.17, 15) is 4.79 Å². The molecule has 1 amide bonds. The van der Waals surface area contributed by atoms with Crippen LogP contribution in [0.5, 0.6) is 11.5 Å². The van der Waals surface area contributed by atoms with Crippen molar-refractivity contribution in [2.24, 2.45) is 0 Å². The van der Waals surface area contributed by atoms with Gasteiger partial charge < -0.3 is 19.1 Å². The molecule has 0 N–H and O–H groups in total. The summed E-state index contributed by atoms with van der Waals surface area (Å²) in [4.78, 5) is 22.9. The summed E-state index contributed by atoms with van der Waals surface area (Å²) in [7, 11) is 0. The molecule has 0 aliphatic carbocycles. The summed E-state index contributed by atoms with van der Waals surface area (Å²) in [6, 6.07) is 15.6. The first-order valence-electron chi connectivity index (χ1n) is 12.2. The summed E-state index contributed by atoms with van der Waals surface area (Å²) in [5, 5.41) is 0.885. The molecule has 1 aromatic heterocycles. The van der Waals surface area contributed by atoms with Crippen molar-refractivity contribution >= 4 is 16.8 Å². The molecule has 2 saturated heterocycles. The van der Waals surface area contributed by atoms with E-state index in [0.717, 1.165) is 80.1 Å². The molecule has 7 heteroatoms. The van der Waals surface area contributed by atoms with Crippen LogP contribution in [0.4, 0.5) is 0 Å². The lowest BCUT2D eigenvalue weighted by Gasteiger charge is -2.36. The molecule has 3 aliphatic rings. The third kappa shape index (κ3) is 4.21. The van der Waals surface area contributed by atoms with E-state index in [1.165, 1.54) is 0 Å². The molecule has 1 atom stereocenters. The largest absolute Gasteiger partial charge is 0.486 e. The Morgan fingerprint density at radius 3 is 2.59 bits per heavy atom. The molecule has 3 aliphatic heterocycles. The number of carbonyl (C=O) groups is 1. The van der Waals surface area contributed by atoms with Crippen molar-refractivity contribution in [3.05, 3.63) is 54.1 Å². The van der Waals surface area contributed by atoms with Gasteiger partial charge >= 0.3 is 0 Å². The first-order chi connectivity index (χ1) is 16.7. The quantitative estimate of drug-likeness (QED) is 0.594. The number of piperazine rings is 1. The second-order valence-corrected chi connectivity index (χ2v) is 9.16. The molecule has 6 rings (SSSR count). The van der Waals surface area contributed by atoms with Crippen LogP contribution in [0.2, 0.25) is 0 Å². The predicted molar refractivity (Wildman–Crippen MR) is 129 cm³/mol. The van der Waals surface area contributed by atoms with Crippen LogP contribution >= 0.6 is 0 Å². The number of rotatable bonds is 4. The zero-order valence-electron chi connectivity index (χ0n) is 19.2. The number of nitrogens with zero attached hydrogens (tertiary/aromatic N) is 3. The van der Waals surface area contributed by atoms with Gasteiger partial charge in [0.2, 0.25) is 0 Å². The van der Waals surface area contributed by atoms with E-state index in [1.54, 1.807) is 0 Å². The minimum absolute atomic E-state index is 0.0640. The molecule has 176 valence electrons. The van der Waals surface area contributed by atoms with Crippen molar-refractivity contribution < 1.29 is 19.0 Å². The van der Waals surface area contributed by atoms with Crippen molar-refractivity contribution in [3.63, 3.8) is 0 Å². The Morgan fingerprint density at radius 2 is 1.76 bits per heavy atom. The predicted octanol–water partition coefficient (Wildman–Crippen LogP) is 3.61. The lowest BCUT2D eigenvalue weighted by molar-refractivity contribution is 0.0433. The molecule has 3 aromatic rings. The van der Waals surface area contributed by atoms with Gasteiger partial charge in [-0.05, 0) is 43.2 Å². The van der Waals surface area contributed by atoms with Gasteiger partial charge in [-0.3, -0.25) is 9.69 Å². The molecule has 0 bridgehead atoms. The highest BCUT2D eigenvalue weighted by molar-refractivity contribution is 6.07. The van der Waals surface area contributed by atoms with Gasteiger partial charge in [0, 0.05) is 50.3 Å². The standard InChI is InChI=1S/C27H29N3O4/c31-27(30-11-9-29(10-12-30)18-20-4-3-13-32-20)22-17-24(28-23-6-2-1-5-21(22)23)19-7-8-25-26(16-19)34-15-14-33-25/h1-2,5-8,16-17,20H,3-4,9-15,18H2. The first kappa shape index (κ1) is 21.4. The number of para-hydroxylation sites is 1. The maximum Gasteiger partial charge on any atom is 0.254 e. The number of hydrogen-bond donors (Lipinski definition) is 0. The van der Waals surface area contributed by atoms with E-state index in [-0.39, 0.29) is 5.91 Å². The second kappa shape index (κ2) is 9.24. The SMILES string of the molecule is O=C(c1cc(-c2ccc3c(c2)OCCO3)nc2ccccc12)N1CCN(CC2CCCO2)CC1. The van der Waals surface area contributed by atoms with Gasteiger partial charge in [0.1, 0.15) is 13.2 Å². The summed E-state index contributed by atoms with van der Waals surface area (Å²) >= 11 is 0. The molecule has 4 heterocycles. The molecule has 2 aromatic carbocycles. The Hall–Kier alpha value is -3.16. The van der Waals surface area contributed by atoms with Crippen molar-refractivity contribution in [3.8, 4) is 22.8 Å². The maximum atomic E-state index is 13.7. The Bertz CT molecular complexity index is 1200. The molecule has 2 fully saturated rings. The number of hydrogen-bond acceptors (Lipinski definition) is 6. The summed E-state index contributed by atoms with van der Waals surface area (Å²) < 4.78 is 17.2. The molecule has 34 heavy (non-hydrogen) atoms. The van der Waals surface area contributed by atoms with Crippen LogP contribution in [0.3, 0.4) is 0 Å². The van der Waals surface area contributed by atoms with Gasteiger partial charge in [0.15, 0.2) is 11.5 Å². The normalized spacial score (nSPS) is 20.6. The molecule has 7 nitrogen and oxygen atoms in total. The number of carbonyl (C=O) groups excluding carboxylic acids is 1. The monoisotopic (exact) mass is 459 g/mol. The number of amides is 1. The van der Waals surface area contributed by atoms with Gasteiger partial charge in [0.25, 0.3) is 5.91 Å². The van der Waals surface area contributed by atoms with E-state index in [2.05, 4.69) is 4.90 Å². The zero-order chi connectivity index (χ0) is 22.9. The fourth-order valence-corrected chi connectivity index (χ4v) is 5.08. The Labute approximate surface area is 199 Å². The van der Waals surface area contributed by atoms with Crippen LogP contribution in [0, 0.1) is 0 Å². The van der Waals surface area contributed by atoms with Crippen molar-refractivity contribution in [2.75, 3.05) is 52.5 Å². The van der Waals surface area contributed by atoms with Crippen molar-refractivity contribution in [2.45, 2.75) is 18.9 Å². The number of ether oxygens (including phenoxy) is 3. The molecular formula is C27H29N3O4.